The maximum absolute atomic E-state index is 11.8. The van der Waals surface area contributed by atoms with Crippen molar-refractivity contribution in [1.29, 1.82) is 0 Å². The second kappa shape index (κ2) is 12.8. The summed E-state index contributed by atoms with van der Waals surface area (Å²) in [5, 5.41) is 6.49. The number of guanidine groups is 1. The molecule has 0 spiro atoms. The fourth-order valence-electron chi connectivity index (χ4n) is 2.46. The number of hydrogen-bond acceptors (Lipinski definition) is 5. The third kappa shape index (κ3) is 8.34. The standard InChI is InChI=1S/C19H29N3O4.HI/c1-20-19(21-9-4-10-26-13-14-5-6-14)22-12-15-7-8-17(24-2)16(11-15)18(23)25-3;/h7-8,11,14H,4-6,9-10,12-13H2,1-3H3,(H2,20,21,22);1H. The Labute approximate surface area is 178 Å². The molecule has 2 N–H and O–H groups in total. The Balaban J connectivity index is 0.00000364. The van der Waals surface area contributed by atoms with Crippen LogP contribution in [0.3, 0.4) is 0 Å². The van der Waals surface area contributed by atoms with Crippen LogP contribution < -0.4 is 15.4 Å². The average molecular weight is 491 g/mol. The monoisotopic (exact) mass is 491 g/mol. The Kier molecular flexibility index (Phi) is 11.1. The van der Waals surface area contributed by atoms with Gasteiger partial charge >= 0.3 is 5.97 Å². The molecule has 1 aromatic rings. The molecular formula is C19H30IN3O4. The molecular weight excluding hydrogens is 461 g/mol. The van der Waals surface area contributed by atoms with Crippen molar-refractivity contribution in [2.24, 2.45) is 10.9 Å². The summed E-state index contributed by atoms with van der Waals surface area (Å²) < 4.78 is 15.6. The molecule has 0 amide bonds. The van der Waals surface area contributed by atoms with Gasteiger partial charge in [-0.3, -0.25) is 4.99 Å². The van der Waals surface area contributed by atoms with Crippen molar-refractivity contribution in [3.8, 4) is 5.75 Å². The van der Waals surface area contributed by atoms with Crippen LogP contribution in [0, 0.1) is 5.92 Å². The smallest absolute Gasteiger partial charge is 0.341 e. The number of nitrogens with zero attached hydrogens (tertiary/aromatic N) is 1. The molecule has 0 heterocycles. The maximum atomic E-state index is 11.8. The molecule has 7 nitrogen and oxygen atoms in total. The van der Waals surface area contributed by atoms with Crippen LogP contribution in [0.2, 0.25) is 0 Å². The van der Waals surface area contributed by atoms with E-state index in [1.54, 1.807) is 19.2 Å². The molecule has 2 rings (SSSR count). The molecule has 27 heavy (non-hydrogen) atoms. The Bertz CT molecular complexity index is 621. The van der Waals surface area contributed by atoms with Crippen molar-refractivity contribution < 1.29 is 19.0 Å². The highest BCUT2D eigenvalue weighted by molar-refractivity contribution is 14.0. The number of halogens is 1. The first-order valence-corrected chi connectivity index (χ1v) is 8.95. The number of methoxy groups -OCH3 is 2. The summed E-state index contributed by atoms with van der Waals surface area (Å²) in [5.74, 6) is 1.59. The Morgan fingerprint density at radius 2 is 2.04 bits per heavy atom. The number of hydrogen-bond donors (Lipinski definition) is 2. The minimum Gasteiger partial charge on any atom is -0.496 e. The molecule has 1 aliphatic rings. The van der Waals surface area contributed by atoms with Gasteiger partial charge in [-0.25, -0.2) is 4.79 Å². The summed E-state index contributed by atoms with van der Waals surface area (Å²) in [7, 11) is 4.61. The molecule has 152 valence electrons. The summed E-state index contributed by atoms with van der Waals surface area (Å²) in [4.78, 5) is 16.0. The molecule has 0 aromatic heterocycles. The molecule has 0 atom stereocenters. The molecule has 0 bridgehead atoms. The zero-order valence-electron chi connectivity index (χ0n) is 16.2. The first-order chi connectivity index (χ1) is 12.7. The summed E-state index contributed by atoms with van der Waals surface area (Å²) in [5.41, 5.74) is 1.34. The predicted molar refractivity (Wildman–Crippen MR) is 116 cm³/mol. The van der Waals surface area contributed by atoms with Gasteiger partial charge in [-0.1, -0.05) is 6.07 Å². The normalized spacial score (nSPS) is 13.5. The molecule has 1 fully saturated rings. The van der Waals surface area contributed by atoms with E-state index in [0.29, 0.717) is 23.8 Å². The van der Waals surface area contributed by atoms with Gasteiger partial charge in [-0.05, 0) is 42.9 Å². The van der Waals surface area contributed by atoms with Crippen LogP contribution in [0.25, 0.3) is 0 Å². The van der Waals surface area contributed by atoms with Crippen LogP contribution in [0.1, 0.15) is 35.2 Å². The highest BCUT2D eigenvalue weighted by Gasteiger charge is 2.20. The van der Waals surface area contributed by atoms with E-state index in [0.717, 1.165) is 37.7 Å². The Morgan fingerprint density at radius 3 is 2.67 bits per heavy atom. The molecule has 0 saturated heterocycles. The number of carbonyl (C=O) groups excluding carboxylic acids is 1. The van der Waals surface area contributed by atoms with E-state index in [2.05, 4.69) is 15.6 Å². The molecule has 0 radical (unpaired) electrons. The number of aliphatic imine (C=N–C) groups is 1. The number of nitrogens with one attached hydrogen (secondary N) is 2. The van der Waals surface area contributed by atoms with Crippen LogP contribution in [0.4, 0.5) is 0 Å². The summed E-state index contributed by atoms with van der Waals surface area (Å²) in [6.45, 7) is 2.99. The lowest BCUT2D eigenvalue weighted by Crippen LogP contribution is -2.37. The highest BCUT2D eigenvalue weighted by Crippen LogP contribution is 2.28. The van der Waals surface area contributed by atoms with Gasteiger partial charge in [-0.15, -0.1) is 24.0 Å². The highest BCUT2D eigenvalue weighted by atomic mass is 127. The van der Waals surface area contributed by atoms with Crippen LogP contribution in [-0.4, -0.2) is 53.0 Å². The molecule has 1 aromatic carbocycles. The van der Waals surface area contributed by atoms with E-state index in [1.807, 2.05) is 6.07 Å². The zero-order valence-corrected chi connectivity index (χ0v) is 18.6. The second-order valence-electron chi connectivity index (χ2n) is 6.25. The van der Waals surface area contributed by atoms with Crippen molar-refractivity contribution in [3.63, 3.8) is 0 Å². The minimum absolute atomic E-state index is 0. The Morgan fingerprint density at radius 1 is 1.26 bits per heavy atom. The number of benzene rings is 1. The topological polar surface area (TPSA) is 81.2 Å². The van der Waals surface area contributed by atoms with Crippen molar-refractivity contribution in [2.45, 2.75) is 25.8 Å². The van der Waals surface area contributed by atoms with Crippen LogP contribution in [0.5, 0.6) is 5.75 Å². The molecule has 1 aliphatic carbocycles. The lowest BCUT2D eigenvalue weighted by Gasteiger charge is -2.13. The maximum Gasteiger partial charge on any atom is 0.341 e. The van der Waals surface area contributed by atoms with Gasteiger partial charge in [0.25, 0.3) is 0 Å². The third-order valence-corrected chi connectivity index (χ3v) is 4.16. The Hall–Kier alpha value is -1.55. The van der Waals surface area contributed by atoms with Crippen molar-refractivity contribution in [2.75, 3.05) is 41.0 Å². The van der Waals surface area contributed by atoms with Gasteiger partial charge in [0.15, 0.2) is 5.96 Å². The largest absolute Gasteiger partial charge is 0.496 e. The van der Waals surface area contributed by atoms with Gasteiger partial charge in [0.2, 0.25) is 0 Å². The number of carbonyl (C=O) groups is 1. The second-order valence-corrected chi connectivity index (χ2v) is 6.25. The summed E-state index contributed by atoms with van der Waals surface area (Å²) in [6.07, 6.45) is 3.57. The fraction of sp³-hybridized carbons (Fsp3) is 0.579. The van der Waals surface area contributed by atoms with Crippen molar-refractivity contribution in [3.05, 3.63) is 29.3 Å². The van der Waals surface area contributed by atoms with Crippen LogP contribution in [-0.2, 0) is 16.0 Å². The lowest BCUT2D eigenvalue weighted by atomic mass is 10.1. The first kappa shape index (κ1) is 23.5. The van der Waals surface area contributed by atoms with Gasteiger partial charge in [0, 0.05) is 33.4 Å². The minimum atomic E-state index is -0.419. The van der Waals surface area contributed by atoms with Gasteiger partial charge < -0.3 is 24.8 Å². The lowest BCUT2D eigenvalue weighted by molar-refractivity contribution is 0.0597. The fourth-order valence-corrected chi connectivity index (χ4v) is 2.46. The molecule has 0 aliphatic heterocycles. The van der Waals surface area contributed by atoms with E-state index in [-0.39, 0.29) is 24.0 Å². The van der Waals surface area contributed by atoms with E-state index in [9.17, 15) is 4.79 Å². The van der Waals surface area contributed by atoms with E-state index >= 15 is 0 Å². The van der Waals surface area contributed by atoms with Gasteiger partial charge in [-0.2, -0.15) is 0 Å². The van der Waals surface area contributed by atoms with Crippen LogP contribution in [0.15, 0.2) is 23.2 Å². The van der Waals surface area contributed by atoms with E-state index < -0.39 is 5.97 Å². The SMILES string of the molecule is CN=C(NCCCOCC1CC1)NCc1ccc(OC)c(C(=O)OC)c1.I. The van der Waals surface area contributed by atoms with E-state index in [1.165, 1.54) is 27.1 Å². The molecule has 8 heteroatoms. The zero-order chi connectivity index (χ0) is 18.8. The summed E-state index contributed by atoms with van der Waals surface area (Å²) >= 11 is 0. The number of rotatable bonds is 10. The van der Waals surface area contributed by atoms with Gasteiger partial charge in [0.1, 0.15) is 11.3 Å². The van der Waals surface area contributed by atoms with E-state index in [4.69, 9.17) is 14.2 Å². The number of ether oxygens (including phenoxy) is 3. The molecule has 0 unspecified atom stereocenters. The van der Waals surface area contributed by atoms with Crippen molar-refractivity contribution >= 4 is 35.9 Å². The number of esters is 1. The third-order valence-electron chi connectivity index (χ3n) is 4.16. The average Bonchev–Trinajstić information content (AvgIpc) is 3.50. The van der Waals surface area contributed by atoms with Crippen LogP contribution >= 0.6 is 24.0 Å². The van der Waals surface area contributed by atoms with Gasteiger partial charge in [0.05, 0.1) is 14.2 Å². The first-order valence-electron chi connectivity index (χ1n) is 8.95. The summed E-state index contributed by atoms with van der Waals surface area (Å²) in [6, 6.07) is 5.42. The molecule has 1 saturated carbocycles. The van der Waals surface area contributed by atoms with Crippen molar-refractivity contribution in [1.82, 2.24) is 10.6 Å². The predicted octanol–water partition coefficient (Wildman–Crippen LogP) is 2.58. The quantitative estimate of drug-likeness (QED) is 0.172.